The number of aliphatic hydroxyl groups is 1. The maximum Gasteiger partial charge on any atom is 0.255 e. The van der Waals surface area contributed by atoms with Gasteiger partial charge in [-0.2, -0.15) is 0 Å². The lowest BCUT2D eigenvalue weighted by atomic mass is 9.92. The predicted octanol–water partition coefficient (Wildman–Crippen LogP) is 1.69. The van der Waals surface area contributed by atoms with Gasteiger partial charge in [0, 0.05) is 6.54 Å². The Kier molecular flexibility index (Phi) is 4.89. The molecule has 6 heteroatoms. The molecule has 0 bridgehead atoms. The molecule has 1 saturated carbocycles. The lowest BCUT2D eigenvalue weighted by molar-refractivity contribution is 0.0717. The summed E-state index contributed by atoms with van der Waals surface area (Å²) in [5.74, 6) is -0.600. The first-order chi connectivity index (χ1) is 9.61. The summed E-state index contributed by atoms with van der Waals surface area (Å²) >= 11 is 0. The van der Waals surface area contributed by atoms with Crippen LogP contribution in [-0.4, -0.2) is 34.7 Å². The fourth-order valence-electron chi connectivity index (χ4n) is 2.45. The molecule has 2 atom stereocenters. The molecule has 0 radical (unpaired) electrons. The molecular weight excluding hydrogens is 261 g/mol. The van der Waals surface area contributed by atoms with Crippen molar-refractivity contribution in [2.75, 3.05) is 11.9 Å². The standard InChI is InChI=1S/C14H20FN3O2/c1-2-16-13-10(7-9(15)8-17-13)14(20)18-11-5-3-4-6-12(11)19/h7-8,11-12,19H,2-6H2,1H3,(H,16,17)(H,18,20). The highest BCUT2D eigenvalue weighted by Crippen LogP contribution is 2.20. The van der Waals surface area contributed by atoms with Crippen LogP contribution in [-0.2, 0) is 0 Å². The first-order valence-corrected chi connectivity index (χ1v) is 7.00. The molecule has 1 aromatic rings. The van der Waals surface area contributed by atoms with Crippen LogP contribution in [0.2, 0.25) is 0 Å². The topological polar surface area (TPSA) is 74.2 Å². The molecule has 2 unspecified atom stereocenters. The molecule has 1 heterocycles. The highest BCUT2D eigenvalue weighted by atomic mass is 19.1. The molecule has 1 aliphatic carbocycles. The molecule has 0 aromatic carbocycles. The average molecular weight is 281 g/mol. The van der Waals surface area contributed by atoms with E-state index in [-0.39, 0.29) is 11.6 Å². The van der Waals surface area contributed by atoms with Gasteiger partial charge in [0.2, 0.25) is 0 Å². The Morgan fingerprint density at radius 3 is 2.95 bits per heavy atom. The molecular formula is C14H20FN3O2. The van der Waals surface area contributed by atoms with Crippen LogP contribution in [0.25, 0.3) is 0 Å². The number of hydrogen-bond acceptors (Lipinski definition) is 4. The van der Waals surface area contributed by atoms with Crippen LogP contribution in [0, 0.1) is 5.82 Å². The van der Waals surface area contributed by atoms with Crippen molar-refractivity contribution < 1.29 is 14.3 Å². The van der Waals surface area contributed by atoms with Crippen LogP contribution in [0.5, 0.6) is 0 Å². The molecule has 0 saturated heterocycles. The second-order valence-electron chi connectivity index (χ2n) is 5.01. The van der Waals surface area contributed by atoms with E-state index < -0.39 is 17.8 Å². The number of carbonyl (C=O) groups is 1. The van der Waals surface area contributed by atoms with Gasteiger partial charge in [0.25, 0.3) is 5.91 Å². The van der Waals surface area contributed by atoms with Crippen LogP contribution < -0.4 is 10.6 Å². The SMILES string of the molecule is CCNc1ncc(F)cc1C(=O)NC1CCCCC1O. The van der Waals surface area contributed by atoms with Gasteiger partial charge in [0.1, 0.15) is 11.6 Å². The van der Waals surface area contributed by atoms with Gasteiger partial charge in [-0.15, -0.1) is 0 Å². The van der Waals surface area contributed by atoms with Gasteiger partial charge in [0.15, 0.2) is 0 Å². The molecule has 5 nitrogen and oxygen atoms in total. The van der Waals surface area contributed by atoms with Gasteiger partial charge in [-0.05, 0) is 25.8 Å². The van der Waals surface area contributed by atoms with E-state index in [4.69, 9.17) is 0 Å². The van der Waals surface area contributed by atoms with Crippen molar-refractivity contribution in [2.24, 2.45) is 0 Å². The van der Waals surface area contributed by atoms with Gasteiger partial charge in [-0.3, -0.25) is 4.79 Å². The van der Waals surface area contributed by atoms with Crippen LogP contribution in [0.3, 0.4) is 0 Å². The third-order valence-electron chi connectivity index (χ3n) is 3.49. The summed E-state index contributed by atoms with van der Waals surface area (Å²) in [6.45, 7) is 2.46. The lowest BCUT2D eigenvalue weighted by Crippen LogP contribution is -2.45. The van der Waals surface area contributed by atoms with Crippen molar-refractivity contribution in [1.82, 2.24) is 10.3 Å². The Balaban J connectivity index is 2.13. The minimum absolute atomic E-state index is 0.171. The lowest BCUT2D eigenvalue weighted by Gasteiger charge is -2.28. The van der Waals surface area contributed by atoms with Crippen molar-refractivity contribution in [1.29, 1.82) is 0 Å². The summed E-state index contributed by atoms with van der Waals surface area (Å²) in [4.78, 5) is 16.1. The maximum absolute atomic E-state index is 13.3. The highest BCUT2D eigenvalue weighted by molar-refractivity contribution is 5.98. The van der Waals surface area contributed by atoms with Crippen molar-refractivity contribution in [3.05, 3.63) is 23.6 Å². The Hall–Kier alpha value is -1.69. The van der Waals surface area contributed by atoms with Crippen molar-refractivity contribution in [3.63, 3.8) is 0 Å². The molecule has 2 rings (SSSR count). The van der Waals surface area contributed by atoms with Gasteiger partial charge < -0.3 is 15.7 Å². The zero-order valence-corrected chi connectivity index (χ0v) is 11.5. The number of pyridine rings is 1. The molecule has 1 aliphatic rings. The summed E-state index contributed by atoms with van der Waals surface area (Å²) < 4.78 is 13.3. The number of aromatic nitrogens is 1. The second-order valence-corrected chi connectivity index (χ2v) is 5.01. The number of nitrogens with zero attached hydrogens (tertiary/aromatic N) is 1. The molecule has 0 spiro atoms. The fourth-order valence-corrected chi connectivity index (χ4v) is 2.45. The fraction of sp³-hybridized carbons (Fsp3) is 0.571. The molecule has 1 fully saturated rings. The number of aliphatic hydroxyl groups excluding tert-OH is 1. The minimum Gasteiger partial charge on any atom is -0.391 e. The van der Waals surface area contributed by atoms with Crippen molar-refractivity contribution >= 4 is 11.7 Å². The summed E-state index contributed by atoms with van der Waals surface area (Å²) in [5.41, 5.74) is 0.171. The van der Waals surface area contributed by atoms with E-state index in [2.05, 4.69) is 15.6 Å². The van der Waals surface area contributed by atoms with Gasteiger partial charge >= 0.3 is 0 Å². The Bertz CT molecular complexity index is 481. The maximum atomic E-state index is 13.3. The number of halogens is 1. The number of anilines is 1. The zero-order chi connectivity index (χ0) is 14.5. The van der Waals surface area contributed by atoms with Crippen LogP contribution in [0.4, 0.5) is 10.2 Å². The Labute approximate surface area is 117 Å². The predicted molar refractivity (Wildman–Crippen MR) is 74.1 cm³/mol. The number of nitrogens with one attached hydrogen (secondary N) is 2. The van der Waals surface area contributed by atoms with E-state index in [1.165, 1.54) is 0 Å². The van der Waals surface area contributed by atoms with Crippen molar-refractivity contribution in [2.45, 2.75) is 44.8 Å². The van der Waals surface area contributed by atoms with E-state index in [9.17, 15) is 14.3 Å². The van der Waals surface area contributed by atoms with E-state index >= 15 is 0 Å². The quantitative estimate of drug-likeness (QED) is 0.785. The Morgan fingerprint density at radius 1 is 1.50 bits per heavy atom. The normalized spacial score (nSPS) is 22.4. The highest BCUT2D eigenvalue weighted by Gasteiger charge is 2.26. The van der Waals surface area contributed by atoms with E-state index in [0.29, 0.717) is 18.8 Å². The van der Waals surface area contributed by atoms with Crippen LogP contribution >= 0.6 is 0 Å². The smallest absolute Gasteiger partial charge is 0.255 e. The molecule has 3 N–H and O–H groups in total. The molecule has 1 amide bonds. The molecule has 0 aliphatic heterocycles. The second kappa shape index (κ2) is 6.65. The van der Waals surface area contributed by atoms with Crippen molar-refractivity contribution in [3.8, 4) is 0 Å². The average Bonchev–Trinajstić information content (AvgIpc) is 2.43. The summed E-state index contributed by atoms with van der Waals surface area (Å²) in [6.07, 6.45) is 3.92. The number of hydrogen-bond donors (Lipinski definition) is 3. The first kappa shape index (κ1) is 14.7. The molecule has 1 aromatic heterocycles. The summed E-state index contributed by atoms with van der Waals surface area (Å²) in [6, 6.07) is 0.893. The van der Waals surface area contributed by atoms with E-state index in [1.807, 2.05) is 6.92 Å². The third-order valence-corrected chi connectivity index (χ3v) is 3.49. The minimum atomic E-state index is -0.555. The van der Waals surface area contributed by atoms with Gasteiger partial charge in [0.05, 0.1) is 23.9 Å². The zero-order valence-electron chi connectivity index (χ0n) is 11.5. The van der Waals surface area contributed by atoms with Gasteiger partial charge in [-0.1, -0.05) is 12.8 Å². The molecule has 20 heavy (non-hydrogen) atoms. The van der Waals surface area contributed by atoms with E-state index in [1.54, 1.807) is 0 Å². The van der Waals surface area contributed by atoms with Gasteiger partial charge in [-0.25, -0.2) is 9.37 Å². The van der Waals surface area contributed by atoms with Crippen LogP contribution in [0.15, 0.2) is 12.3 Å². The van der Waals surface area contributed by atoms with E-state index in [0.717, 1.165) is 31.5 Å². The van der Waals surface area contributed by atoms with Crippen LogP contribution in [0.1, 0.15) is 43.0 Å². The largest absolute Gasteiger partial charge is 0.391 e. The number of amides is 1. The monoisotopic (exact) mass is 281 g/mol. The Morgan fingerprint density at radius 2 is 2.25 bits per heavy atom. The first-order valence-electron chi connectivity index (χ1n) is 7.00. The molecule has 110 valence electrons. The summed E-state index contributed by atoms with van der Waals surface area (Å²) in [7, 11) is 0. The summed E-state index contributed by atoms with van der Waals surface area (Å²) in [5, 5.41) is 15.6. The third kappa shape index (κ3) is 3.45. The number of rotatable bonds is 4. The number of carbonyl (C=O) groups excluding carboxylic acids is 1.